The zero-order chi connectivity index (χ0) is 14.4. The molecule has 2 rings (SSSR count). The number of imide groups is 1. The van der Waals surface area contributed by atoms with Crippen LogP contribution in [0.1, 0.15) is 38.2 Å². The first-order valence-electron chi connectivity index (χ1n) is 6.35. The molecule has 1 aromatic carbocycles. The number of hydrogen-bond donors (Lipinski definition) is 1. The molecule has 1 aliphatic rings. The fourth-order valence-electron chi connectivity index (χ4n) is 1.93. The van der Waals surface area contributed by atoms with Crippen LogP contribution in [0.4, 0.5) is 10.1 Å². The van der Waals surface area contributed by atoms with E-state index in [1.807, 2.05) is 13.8 Å². The summed E-state index contributed by atoms with van der Waals surface area (Å²) < 4.78 is 13.8. The number of carbonyl (C=O) groups excluding carboxylic acids is 2. The summed E-state index contributed by atoms with van der Waals surface area (Å²) in [4.78, 5) is 22.6. The molecule has 1 aromatic rings. The Bertz CT molecular complexity index is 481. The smallest absolute Gasteiger partial charge is 0.234 e. The molecule has 0 bridgehead atoms. The van der Waals surface area contributed by atoms with Crippen molar-refractivity contribution in [3.63, 3.8) is 0 Å². The maximum absolute atomic E-state index is 13.8. The summed E-state index contributed by atoms with van der Waals surface area (Å²) in [6.45, 7) is 4.00. The average Bonchev–Trinajstić information content (AvgIpc) is 2.42. The summed E-state index contributed by atoms with van der Waals surface area (Å²) in [5.41, 5.74) is 0.848. The molecule has 1 heterocycles. The molecular formula is C15H21FN2O2Y-2. The number of benzene rings is 1. The number of halogens is 1. The fourth-order valence-corrected chi connectivity index (χ4v) is 1.93. The van der Waals surface area contributed by atoms with Crippen LogP contribution in [-0.2, 0) is 42.3 Å². The van der Waals surface area contributed by atoms with Gasteiger partial charge in [-0.15, -0.1) is 12.7 Å². The predicted octanol–water partition coefficient (Wildman–Crippen LogP) is 3.45. The van der Waals surface area contributed by atoms with Crippen molar-refractivity contribution in [2.45, 2.75) is 32.6 Å². The Labute approximate surface area is 151 Å². The standard InChI is InChI=1S/C12H12FN2O2.C2H6.CH3.Y/c1-14-7-2-3-8(10(13)6-7)9-4-5-11(16)15-12(9)17;1-2;;/h2-3,6,9H,4-5H2,1H3,(H,15,16,17);1-2H3;1H3;/q-1;;-1;. The normalized spacial score (nSPS) is 16.5. The Morgan fingerprint density at radius 3 is 2.38 bits per heavy atom. The maximum Gasteiger partial charge on any atom is 0.234 e. The minimum Gasteiger partial charge on any atom is -0.687 e. The maximum atomic E-state index is 13.8. The van der Waals surface area contributed by atoms with Gasteiger partial charge in [-0.1, -0.05) is 26.0 Å². The number of carbonyl (C=O) groups is 2. The van der Waals surface area contributed by atoms with Crippen molar-refractivity contribution >= 4 is 17.5 Å². The van der Waals surface area contributed by atoms with Crippen LogP contribution in [0.25, 0.3) is 5.32 Å². The Morgan fingerprint density at radius 1 is 1.29 bits per heavy atom. The van der Waals surface area contributed by atoms with E-state index >= 15 is 0 Å². The molecule has 1 aliphatic heterocycles. The van der Waals surface area contributed by atoms with Gasteiger partial charge in [-0.25, -0.2) is 4.39 Å². The third-order valence-electron chi connectivity index (χ3n) is 2.86. The molecule has 1 radical (unpaired) electrons. The Balaban J connectivity index is 0. The minimum absolute atomic E-state index is 0. The summed E-state index contributed by atoms with van der Waals surface area (Å²) >= 11 is 0. The van der Waals surface area contributed by atoms with Crippen molar-refractivity contribution in [2.75, 3.05) is 7.05 Å². The number of amides is 2. The third kappa shape index (κ3) is 5.83. The zero-order valence-corrected chi connectivity index (χ0v) is 15.8. The topological polar surface area (TPSA) is 60.3 Å². The van der Waals surface area contributed by atoms with Crippen LogP contribution in [0.3, 0.4) is 0 Å². The van der Waals surface area contributed by atoms with Crippen LogP contribution < -0.4 is 5.32 Å². The van der Waals surface area contributed by atoms with Crippen LogP contribution in [0.15, 0.2) is 18.2 Å². The van der Waals surface area contributed by atoms with Gasteiger partial charge in [0.1, 0.15) is 5.82 Å². The molecule has 0 saturated carbocycles. The quantitative estimate of drug-likeness (QED) is 0.641. The second-order valence-electron chi connectivity index (χ2n) is 3.93. The van der Waals surface area contributed by atoms with Gasteiger partial charge >= 0.3 is 0 Å². The second kappa shape index (κ2) is 10.9. The van der Waals surface area contributed by atoms with Crippen LogP contribution in [0, 0.1) is 13.2 Å². The number of nitrogens with one attached hydrogen (secondary N) is 1. The van der Waals surface area contributed by atoms with E-state index in [1.54, 1.807) is 19.2 Å². The molecular weight excluding hydrogens is 348 g/mol. The molecule has 1 fully saturated rings. The number of piperidine rings is 1. The summed E-state index contributed by atoms with van der Waals surface area (Å²) in [6.07, 6.45) is 0.597. The van der Waals surface area contributed by atoms with E-state index in [2.05, 4.69) is 10.6 Å². The minimum atomic E-state index is -0.585. The van der Waals surface area contributed by atoms with Crippen LogP contribution in [0.5, 0.6) is 0 Å². The Morgan fingerprint density at radius 2 is 1.90 bits per heavy atom. The van der Waals surface area contributed by atoms with E-state index in [0.29, 0.717) is 17.7 Å². The van der Waals surface area contributed by atoms with Gasteiger partial charge < -0.3 is 12.7 Å². The van der Waals surface area contributed by atoms with Crippen LogP contribution >= 0.6 is 0 Å². The van der Waals surface area contributed by atoms with Crippen molar-refractivity contribution in [1.82, 2.24) is 5.32 Å². The van der Waals surface area contributed by atoms with Gasteiger partial charge in [0.05, 0.1) is 5.92 Å². The molecule has 1 unspecified atom stereocenters. The van der Waals surface area contributed by atoms with E-state index in [0.717, 1.165) is 0 Å². The van der Waals surface area contributed by atoms with E-state index in [4.69, 9.17) is 0 Å². The first-order valence-corrected chi connectivity index (χ1v) is 6.35. The van der Waals surface area contributed by atoms with Crippen molar-refractivity contribution in [2.24, 2.45) is 0 Å². The van der Waals surface area contributed by atoms with Crippen LogP contribution in [-0.4, -0.2) is 18.9 Å². The number of rotatable bonds is 2. The van der Waals surface area contributed by atoms with Gasteiger partial charge in [-0.2, -0.15) is 0 Å². The Kier molecular flexibility index (Phi) is 11.6. The second-order valence-corrected chi connectivity index (χ2v) is 3.93. The van der Waals surface area contributed by atoms with E-state index in [-0.39, 0.29) is 52.5 Å². The van der Waals surface area contributed by atoms with Crippen molar-refractivity contribution in [3.05, 3.63) is 42.3 Å². The van der Waals surface area contributed by atoms with Gasteiger partial charge in [0.2, 0.25) is 11.8 Å². The SMILES string of the molecule is CC.C[N-]c1ccc(C2CCC(=O)NC2=O)c(F)c1.[CH3-].[Y]. The van der Waals surface area contributed by atoms with Crippen molar-refractivity contribution in [1.29, 1.82) is 0 Å². The average molecular weight is 369 g/mol. The first-order chi connectivity index (χ1) is 9.11. The fraction of sp³-hybridized carbons (Fsp3) is 0.400. The Hall–Kier alpha value is -0.806. The molecule has 1 atom stereocenters. The monoisotopic (exact) mass is 369 g/mol. The van der Waals surface area contributed by atoms with E-state index < -0.39 is 17.6 Å². The molecule has 21 heavy (non-hydrogen) atoms. The van der Waals surface area contributed by atoms with Gasteiger partial charge in [-0.05, 0) is 12.5 Å². The summed E-state index contributed by atoms with van der Waals surface area (Å²) in [7, 11) is 1.57. The van der Waals surface area contributed by atoms with Gasteiger partial charge in [0, 0.05) is 44.7 Å². The zero-order valence-electron chi connectivity index (χ0n) is 12.9. The molecule has 115 valence electrons. The van der Waals surface area contributed by atoms with Gasteiger partial charge in [0.25, 0.3) is 0 Å². The third-order valence-corrected chi connectivity index (χ3v) is 2.86. The summed E-state index contributed by atoms with van der Waals surface area (Å²) in [5, 5.41) is 6.07. The molecule has 0 aromatic heterocycles. The van der Waals surface area contributed by atoms with Gasteiger partial charge in [-0.3, -0.25) is 14.9 Å². The molecule has 4 nitrogen and oxygen atoms in total. The first kappa shape index (κ1) is 22.5. The number of nitrogens with zero attached hydrogens (tertiary/aromatic N) is 1. The molecule has 0 spiro atoms. The van der Waals surface area contributed by atoms with Crippen LogP contribution in [0.2, 0.25) is 0 Å². The molecule has 6 heteroatoms. The molecule has 1 saturated heterocycles. The van der Waals surface area contributed by atoms with Gasteiger partial charge in [0.15, 0.2) is 0 Å². The van der Waals surface area contributed by atoms with Crippen molar-refractivity contribution < 1.29 is 46.7 Å². The molecule has 1 N–H and O–H groups in total. The predicted molar refractivity (Wildman–Crippen MR) is 78.2 cm³/mol. The summed E-state index contributed by atoms with van der Waals surface area (Å²) in [6, 6.07) is 4.50. The molecule has 2 amide bonds. The summed E-state index contributed by atoms with van der Waals surface area (Å²) in [5.74, 6) is -1.77. The van der Waals surface area contributed by atoms with E-state index in [1.165, 1.54) is 6.07 Å². The van der Waals surface area contributed by atoms with E-state index in [9.17, 15) is 14.0 Å². The largest absolute Gasteiger partial charge is 0.687 e. The number of hydrogen-bond acceptors (Lipinski definition) is 2. The molecule has 0 aliphatic carbocycles. The van der Waals surface area contributed by atoms with Crippen molar-refractivity contribution in [3.8, 4) is 0 Å².